The van der Waals surface area contributed by atoms with Gasteiger partial charge in [-0.25, -0.2) is 0 Å². The Labute approximate surface area is 135 Å². The lowest BCUT2D eigenvalue weighted by Gasteiger charge is -2.43. The molecule has 0 radical (unpaired) electrons. The fourth-order valence-electron chi connectivity index (χ4n) is 2.81. The predicted molar refractivity (Wildman–Crippen MR) is 89.9 cm³/mol. The van der Waals surface area contributed by atoms with Crippen molar-refractivity contribution >= 4 is 21.6 Å². The minimum Gasteiger partial charge on any atom is -0.394 e. The highest BCUT2D eigenvalue weighted by Gasteiger charge is 2.33. The zero-order chi connectivity index (χ0) is 15.6. The third kappa shape index (κ3) is 3.97. The monoisotopic (exact) mass is 356 g/mol. The van der Waals surface area contributed by atoms with E-state index in [1.54, 1.807) is 0 Å². The molecule has 0 amide bonds. The van der Waals surface area contributed by atoms with Gasteiger partial charge in [-0.2, -0.15) is 0 Å². The Kier molecular flexibility index (Phi) is 5.30. The molecule has 1 fully saturated rings. The van der Waals surface area contributed by atoms with E-state index in [1.165, 1.54) is 5.56 Å². The second kappa shape index (κ2) is 6.65. The van der Waals surface area contributed by atoms with Crippen LogP contribution in [0.25, 0.3) is 0 Å². The van der Waals surface area contributed by atoms with Crippen molar-refractivity contribution in [1.29, 1.82) is 0 Å². The molecule has 0 saturated carbocycles. The largest absolute Gasteiger partial charge is 0.394 e. The van der Waals surface area contributed by atoms with E-state index >= 15 is 0 Å². The van der Waals surface area contributed by atoms with Gasteiger partial charge < -0.3 is 20.1 Å². The van der Waals surface area contributed by atoms with Crippen LogP contribution in [0.4, 0.5) is 5.69 Å². The van der Waals surface area contributed by atoms with Gasteiger partial charge in [0, 0.05) is 29.3 Å². The van der Waals surface area contributed by atoms with Gasteiger partial charge in [0.05, 0.1) is 18.3 Å². The maximum atomic E-state index is 9.42. The molecule has 2 N–H and O–H groups in total. The van der Waals surface area contributed by atoms with Crippen LogP contribution in [0.1, 0.15) is 32.4 Å². The van der Waals surface area contributed by atoms with E-state index in [0.29, 0.717) is 12.6 Å². The van der Waals surface area contributed by atoms with Gasteiger partial charge in [-0.1, -0.05) is 22.0 Å². The molecule has 2 unspecified atom stereocenters. The molecule has 0 bridgehead atoms. The number of hydrogen-bond donors (Lipinski definition) is 2. The number of nitrogens with one attached hydrogen (secondary N) is 1. The normalized spacial score (nSPS) is 23.1. The van der Waals surface area contributed by atoms with Crippen molar-refractivity contribution in [1.82, 2.24) is 5.32 Å². The van der Waals surface area contributed by atoms with E-state index in [-0.39, 0.29) is 18.3 Å². The highest BCUT2D eigenvalue weighted by atomic mass is 79.9. The molecule has 2 rings (SSSR count). The van der Waals surface area contributed by atoms with Gasteiger partial charge >= 0.3 is 0 Å². The van der Waals surface area contributed by atoms with Crippen molar-refractivity contribution in [3.8, 4) is 0 Å². The molecule has 2 atom stereocenters. The first-order chi connectivity index (χ1) is 9.86. The zero-order valence-electron chi connectivity index (χ0n) is 13.2. The molecule has 1 aromatic carbocycles. The number of benzene rings is 1. The van der Waals surface area contributed by atoms with E-state index in [2.05, 4.69) is 65.1 Å². The maximum absolute atomic E-state index is 9.42. The van der Waals surface area contributed by atoms with Crippen molar-refractivity contribution in [3.05, 3.63) is 28.2 Å². The lowest BCUT2D eigenvalue weighted by molar-refractivity contribution is -0.101. The molecule has 0 spiro atoms. The fraction of sp³-hybridized carbons (Fsp3) is 0.625. The fourth-order valence-corrected chi connectivity index (χ4v) is 3.52. The number of anilines is 1. The Morgan fingerprint density at radius 3 is 2.81 bits per heavy atom. The van der Waals surface area contributed by atoms with Crippen LogP contribution in [0.5, 0.6) is 0 Å². The molecule has 0 aliphatic carbocycles. The summed E-state index contributed by atoms with van der Waals surface area (Å²) in [5, 5.41) is 12.7. The Balaban J connectivity index is 2.23. The number of halogens is 1. The van der Waals surface area contributed by atoms with Crippen molar-refractivity contribution in [2.45, 2.75) is 38.5 Å². The summed E-state index contributed by atoms with van der Waals surface area (Å²) < 4.78 is 6.97. The molecule has 1 aliphatic rings. The minimum atomic E-state index is -0.255. The SMILES string of the molecule is CNC(C)c1ccc(N2CC(CO)OC(C)(C)C2)cc1Br. The molecule has 1 heterocycles. The van der Waals surface area contributed by atoms with Crippen molar-refractivity contribution in [3.63, 3.8) is 0 Å². The minimum absolute atomic E-state index is 0.0516. The Morgan fingerprint density at radius 2 is 2.24 bits per heavy atom. The standard InChI is InChI=1S/C16H25BrN2O2/c1-11(18-4)14-6-5-12(7-15(14)17)19-8-13(9-20)21-16(2,3)10-19/h5-7,11,13,18,20H,8-10H2,1-4H3. The molecule has 1 aromatic rings. The first kappa shape index (κ1) is 16.7. The third-order valence-corrected chi connectivity index (χ3v) is 4.62. The van der Waals surface area contributed by atoms with Crippen LogP contribution in [0.3, 0.4) is 0 Å². The maximum Gasteiger partial charge on any atom is 0.0988 e. The lowest BCUT2D eigenvalue weighted by atomic mass is 10.0. The van der Waals surface area contributed by atoms with Crippen LogP contribution >= 0.6 is 15.9 Å². The summed E-state index contributed by atoms with van der Waals surface area (Å²) in [6.45, 7) is 7.85. The van der Waals surface area contributed by atoms with Gasteiger partial charge in [0.2, 0.25) is 0 Å². The summed E-state index contributed by atoms with van der Waals surface area (Å²) in [6, 6.07) is 6.75. The van der Waals surface area contributed by atoms with Gasteiger partial charge in [-0.15, -0.1) is 0 Å². The number of aliphatic hydroxyl groups is 1. The third-order valence-electron chi connectivity index (χ3n) is 3.93. The van der Waals surface area contributed by atoms with Gasteiger partial charge in [0.1, 0.15) is 0 Å². The molecule has 4 nitrogen and oxygen atoms in total. The van der Waals surface area contributed by atoms with Crippen LogP contribution in [-0.2, 0) is 4.74 Å². The first-order valence-corrected chi connectivity index (χ1v) is 8.16. The number of hydrogen-bond acceptors (Lipinski definition) is 4. The van der Waals surface area contributed by atoms with E-state index < -0.39 is 0 Å². The van der Waals surface area contributed by atoms with E-state index in [4.69, 9.17) is 4.74 Å². The summed E-state index contributed by atoms with van der Waals surface area (Å²) in [4.78, 5) is 2.28. The van der Waals surface area contributed by atoms with Gasteiger partial charge in [-0.3, -0.25) is 0 Å². The quantitative estimate of drug-likeness (QED) is 0.870. The second-order valence-electron chi connectivity index (χ2n) is 6.28. The summed E-state index contributed by atoms with van der Waals surface area (Å²) in [5.74, 6) is 0. The second-order valence-corrected chi connectivity index (χ2v) is 7.13. The number of rotatable bonds is 4. The number of morpholine rings is 1. The zero-order valence-corrected chi connectivity index (χ0v) is 14.8. The topological polar surface area (TPSA) is 44.7 Å². The Bertz CT molecular complexity index is 493. The Morgan fingerprint density at radius 1 is 1.52 bits per heavy atom. The summed E-state index contributed by atoms with van der Waals surface area (Å²) in [5.41, 5.74) is 2.14. The van der Waals surface area contributed by atoms with Crippen LogP contribution in [0.2, 0.25) is 0 Å². The molecule has 1 aliphatic heterocycles. The molecular formula is C16H25BrN2O2. The average Bonchev–Trinajstić information content (AvgIpc) is 2.44. The number of aliphatic hydroxyl groups excluding tert-OH is 1. The highest BCUT2D eigenvalue weighted by molar-refractivity contribution is 9.10. The van der Waals surface area contributed by atoms with Crippen LogP contribution < -0.4 is 10.2 Å². The molecule has 0 aromatic heterocycles. The molecule has 118 valence electrons. The predicted octanol–water partition coefficient (Wildman–Crippen LogP) is 2.71. The van der Waals surface area contributed by atoms with Gasteiger partial charge in [0.15, 0.2) is 0 Å². The number of nitrogens with zero attached hydrogens (tertiary/aromatic N) is 1. The lowest BCUT2D eigenvalue weighted by Crippen LogP contribution is -2.54. The first-order valence-electron chi connectivity index (χ1n) is 7.36. The summed E-state index contributed by atoms with van der Waals surface area (Å²) in [6.07, 6.45) is -0.136. The van der Waals surface area contributed by atoms with E-state index in [0.717, 1.165) is 16.7 Å². The van der Waals surface area contributed by atoms with E-state index in [1.807, 2.05) is 7.05 Å². The molecule has 1 saturated heterocycles. The summed E-state index contributed by atoms with van der Waals surface area (Å²) >= 11 is 3.67. The van der Waals surface area contributed by atoms with Gasteiger partial charge in [-0.05, 0) is 45.5 Å². The van der Waals surface area contributed by atoms with Crippen LogP contribution in [0.15, 0.2) is 22.7 Å². The van der Waals surface area contributed by atoms with Gasteiger partial charge in [0.25, 0.3) is 0 Å². The molecule has 5 heteroatoms. The van der Waals surface area contributed by atoms with Crippen molar-refractivity contribution in [2.75, 3.05) is 31.6 Å². The van der Waals surface area contributed by atoms with E-state index in [9.17, 15) is 5.11 Å². The average molecular weight is 357 g/mol. The van der Waals surface area contributed by atoms with Crippen LogP contribution in [0, 0.1) is 0 Å². The van der Waals surface area contributed by atoms with Crippen molar-refractivity contribution < 1.29 is 9.84 Å². The van der Waals surface area contributed by atoms with Crippen molar-refractivity contribution in [2.24, 2.45) is 0 Å². The molecule has 21 heavy (non-hydrogen) atoms. The summed E-state index contributed by atoms with van der Waals surface area (Å²) in [7, 11) is 1.96. The Hall–Kier alpha value is -0.620. The highest BCUT2D eigenvalue weighted by Crippen LogP contribution is 2.31. The smallest absolute Gasteiger partial charge is 0.0988 e. The molecular weight excluding hydrogens is 332 g/mol. The van der Waals surface area contributed by atoms with Crippen LogP contribution in [-0.4, -0.2) is 43.6 Å². The number of ether oxygens (including phenoxy) is 1.